The molecule has 10 heteroatoms. The van der Waals surface area contributed by atoms with Gasteiger partial charge in [-0.25, -0.2) is 13.4 Å². The maximum Gasteiger partial charge on any atom is 0.246 e. The molecule has 1 aromatic heterocycles. The quantitative estimate of drug-likeness (QED) is 0.635. The van der Waals surface area contributed by atoms with Crippen LogP contribution in [0.25, 0.3) is 0 Å². The first-order chi connectivity index (χ1) is 13.9. The number of nitrogens with one attached hydrogen (secondary N) is 1. The third-order valence-corrected chi connectivity index (χ3v) is 7.17. The third-order valence-electron chi connectivity index (χ3n) is 5.02. The zero-order valence-corrected chi connectivity index (χ0v) is 17.8. The number of nitrogens with zero attached hydrogens (tertiary/aromatic N) is 3. The molecule has 1 amide bonds. The summed E-state index contributed by atoms with van der Waals surface area (Å²) in [6, 6.07) is 4.52. The predicted octanol–water partition coefficient (Wildman–Crippen LogP) is 2.15. The number of benzene rings is 1. The van der Waals surface area contributed by atoms with Gasteiger partial charge >= 0.3 is 0 Å². The van der Waals surface area contributed by atoms with E-state index in [0.29, 0.717) is 24.4 Å². The highest BCUT2D eigenvalue weighted by molar-refractivity contribution is 7.89. The lowest BCUT2D eigenvalue weighted by Crippen LogP contribution is -2.43. The first-order valence-electron chi connectivity index (χ1n) is 9.49. The van der Waals surface area contributed by atoms with E-state index < -0.39 is 10.0 Å². The van der Waals surface area contributed by atoms with E-state index in [1.165, 1.54) is 17.5 Å². The maximum atomic E-state index is 13.0. The van der Waals surface area contributed by atoms with Crippen molar-refractivity contribution in [2.75, 3.05) is 26.7 Å². The number of halogens is 1. The minimum absolute atomic E-state index is 0.0204. The molecule has 0 bridgehead atoms. The number of rotatable bonds is 8. The molecular weight excluding hydrogens is 416 g/mol. The van der Waals surface area contributed by atoms with Crippen LogP contribution in [0, 0.1) is 5.92 Å². The molecule has 1 aromatic carbocycles. The van der Waals surface area contributed by atoms with E-state index in [1.54, 1.807) is 24.7 Å². The van der Waals surface area contributed by atoms with Gasteiger partial charge in [0.25, 0.3) is 0 Å². The number of amides is 1. The predicted molar refractivity (Wildman–Crippen MR) is 109 cm³/mol. The molecule has 3 rings (SSSR count). The Labute approximate surface area is 175 Å². The molecule has 29 heavy (non-hydrogen) atoms. The topological polar surface area (TPSA) is 93.5 Å². The lowest BCUT2D eigenvalue weighted by Gasteiger charge is -2.31. The average Bonchev–Trinajstić information content (AvgIpc) is 3.24. The lowest BCUT2D eigenvalue weighted by atomic mass is 9.97. The number of aryl methyl sites for hydroxylation is 1. The molecule has 0 atom stereocenters. The van der Waals surface area contributed by atoms with Crippen LogP contribution < -0.4 is 10.1 Å². The summed E-state index contributed by atoms with van der Waals surface area (Å²) >= 11 is 5.98. The van der Waals surface area contributed by atoms with Gasteiger partial charge in [0.15, 0.2) is 0 Å². The van der Waals surface area contributed by atoms with Crippen molar-refractivity contribution in [3.05, 3.63) is 41.9 Å². The SMILES string of the molecule is COc1ccc(Cl)cc1S(=O)(=O)N1CCC(C(=O)NCCCn2ccnc2)CC1. The molecule has 158 valence electrons. The van der Waals surface area contributed by atoms with E-state index >= 15 is 0 Å². The van der Waals surface area contributed by atoms with E-state index in [2.05, 4.69) is 10.3 Å². The Morgan fingerprint density at radius 3 is 2.76 bits per heavy atom. The monoisotopic (exact) mass is 440 g/mol. The number of aromatic nitrogens is 2. The molecule has 0 saturated carbocycles. The van der Waals surface area contributed by atoms with Crippen LogP contribution in [0.5, 0.6) is 5.75 Å². The standard InChI is InChI=1S/C19H25ClN4O4S/c1-28-17-4-3-16(20)13-18(17)29(26,27)24-10-5-15(6-11-24)19(25)22-7-2-9-23-12-8-21-14-23/h3-4,8,12-15H,2,5-7,9-11H2,1H3,(H,22,25). The van der Waals surface area contributed by atoms with E-state index in [9.17, 15) is 13.2 Å². The molecule has 1 N–H and O–H groups in total. The van der Waals surface area contributed by atoms with Gasteiger partial charge in [-0.15, -0.1) is 0 Å². The molecular formula is C19H25ClN4O4S. The number of carbonyl (C=O) groups is 1. The van der Waals surface area contributed by atoms with E-state index in [-0.39, 0.29) is 35.6 Å². The molecule has 1 saturated heterocycles. The first-order valence-corrected chi connectivity index (χ1v) is 11.3. The Balaban J connectivity index is 1.51. The average molecular weight is 441 g/mol. The second-order valence-corrected chi connectivity index (χ2v) is 9.26. The van der Waals surface area contributed by atoms with Crippen molar-refractivity contribution in [1.82, 2.24) is 19.2 Å². The molecule has 0 aliphatic carbocycles. The smallest absolute Gasteiger partial charge is 0.246 e. The zero-order chi connectivity index (χ0) is 20.9. The van der Waals surface area contributed by atoms with Gasteiger partial charge in [0, 0.05) is 49.5 Å². The molecule has 2 aromatic rings. The van der Waals surface area contributed by atoms with Gasteiger partial charge in [0.05, 0.1) is 13.4 Å². The maximum absolute atomic E-state index is 13.0. The van der Waals surface area contributed by atoms with Crippen molar-refractivity contribution >= 4 is 27.5 Å². The second-order valence-electron chi connectivity index (χ2n) is 6.92. The Hall–Kier alpha value is -2.10. The summed E-state index contributed by atoms with van der Waals surface area (Å²) in [5.41, 5.74) is 0. The summed E-state index contributed by atoms with van der Waals surface area (Å²) in [6.07, 6.45) is 7.12. The number of ether oxygens (including phenoxy) is 1. The van der Waals surface area contributed by atoms with Gasteiger partial charge in [0.2, 0.25) is 15.9 Å². The van der Waals surface area contributed by atoms with Crippen LogP contribution in [0.3, 0.4) is 0 Å². The zero-order valence-electron chi connectivity index (χ0n) is 16.3. The molecule has 0 unspecified atom stereocenters. The Morgan fingerprint density at radius 2 is 2.10 bits per heavy atom. The van der Waals surface area contributed by atoms with Gasteiger partial charge in [0.1, 0.15) is 10.6 Å². The van der Waals surface area contributed by atoms with Crippen molar-refractivity contribution in [2.24, 2.45) is 5.92 Å². The van der Waals surface area contributed by atoms with Gasteiger partial charge in [-0.05, 0) is 37.5 Å². The Morgan fingerprint density at radius 1 is 1.34 bits per heavy atom. The molecule has 1 aliphatic rings. The van der Waals surface area contributed by atoms with Crippen molar-refractivity contribution in [2.45, 2.75) is 30.7 Å². The molecule has 1 fully saturated rings. The van der Waals surface area contributed by atoms with Crippen LogP contribution in [0.1, 0.15) is 19.3 Å². The first kappa shape index (κ1) is 21.6. The fraction of sp³-hybridized carbons (Fsp3) is 0.474. The van der Waals surface area contributed by atoms with Gasteiger partial charge < -0.3 is 14.6 Å². The summed E-state index contributed by atoms with van der Waals surface area (Å²) in [4.78, 5) is 16.4. The van der Waals surface area contributed by atoms with Crippen molar-refractivity contribution in [1.29, 1.82) is 0 Å². The minimum Gasteiger partial charge on any atom is -0.495 e. The second kappa shape index (κ2) is 9.60. The van der Waals surface area contributed by atoms with Crippen molar-refractivity contribution in [3.8, 4) is 5.75 Å². The normalized spacial score (nSPS) is 15.9. The highest BCUT2D eigenvalue weighted by atomic mass is 35.5. The lowest BCUT2D eigenvalue weighted by molar-refractivity contribution is -0.126. The number of carbonyl (C=O) groups excluding carboxylic acids is 1. The number of piperidine rings is 1. The number of hydrogen-bond donors (Lipinski definition) is 1. The molecule has 8 nitrogen and oxygen atoms in total. The number of hydrogen-bond acceptors (Lipinski definition) is 5. The molecule has 0 radical (unpaired) electrons. The van der Waals surface area contributed by atoms with Gasteiger partial charge in [-0.1, -0.05) is 11.6 Å². The van der Waals surface area contributed by atoms with Crippen LogP contribution in [0.4, 0.5) is 0 Å². The number of methoxy groups -OCH3 is 1. The summed E-state index contributed by atoms with van der Waals surface area (Å²) in [6.45, 7) is 1.93. The van der Waals surface area contributed by atoms with Gasteiger partial charge in [-0.3, -0.25) is 4.79 Å². The van der Waals surface area contributed by atoms with Crippen LogP contribution in [0.2, 0.25) is 5.02 Å². The van der Waals surface area contributed by atoms with Gasteiger partial charge in [-0.2, -0.15) is 4.31 Å². The highest BCUT2D eigenvalue weighted by Gasteiger charge is 2.33. The van der Waals surface area contributed by atoms with Crippen LogP contribution in [-0.4, -0.2) is 54.9 Å². The van der Waals surface area contributed by atoms with E-state index in [0.717, 1.165) is 13.0 Å². The van der Waals surface area contributed by atoms with E-state index in [4.69, 9.17) is 16.3 Å². The summed E-state index contributed by atoms with van der Waals surface area (Å²) in [7, 11) is -2.32. The van der Waals surface area contributed by atoms with Crippen LogP contribution >= 0.6 is 11.6 Å². The van der Waals surface area contributed by atoms with Crippen molar-refractivity contribution < 1.29 is 17.9 Å². The van der Waals surface area contributed by atoms with Crippen LogP contribution in [0.15, 0.2) is 41.8 Å². The largest absolute Gasteiger partial charge is 0.495 e. The molecule has 1 aliphatic heterocycles. The highest BCUT2D eigenvalue weighted by Crippen LogP contribution is 2.31. The number of imidazole rings is 1. The minimum atomic E-state index is -3.74. The molecule has 2 heterocycles. The fourth-order valence-corrected chi connectivity index (χ4v) is 5.27. The van der Waals surface area contributed by atoms with Crippen LogP contribution in [-0.2, 0) is 21.4 Å². The summed E-state index contributed by atoms with van der Waals surface area (Å²) in [5.74, 6) is 0.0520. The Bertz CT molecular complexity index is 926. The summed E-state index contributed by atoms with van der Waals surface area (Å²) in [5, 5.41) is 3.28. The van der Waals surface area contributed by atoms with E-state index in [1.807, 2.05) is 10.8 Å². The van der Waals surface area contributed by atoms with Crippen molar-refractivity contribution in [3.63, 3.8) is 0 Å². The molecule has 0 spiro atoms. The third kappa shape index (κ3) is 5.29. The fourth-order valence-electron chi connectivity index (χ4n) is 3.39. The number of sulfonamides is 1. The summed E-state index contributed by atoms with van der Waals surface area (Å²) < 4.78 is 34.5. The Kier molecular flexibility index (Phi) is 7.15.